The van der Waals surface area contributed by atoms with Gasteiger partial charge in [0, 0.05) is 12.8 Å². The van der Waals surface area contributed by atoms with Crippen LogP contribution in [0.1, 0.15) is 12.8 Å². The molecule has 35 heavy (non-hydrogen) atoms. The minimum absolute atomic E-state index is 0. The fourth-order valence-electron chi connectivity index (χ4n) is 2.71. The Balaban J connectivity index is 0.0000116. The normalized spacial score (nSPS) is 28.0. The van der Waals surface area contributed by atoms with Crippen LogP contribution in [-0.2, 0) is 9.53 Å². The number of carbonyl (C=O) groups is 1. The van der Waals surface area contributed by atoms with Gasteiger partial charge >= 0.3 is 65.3 Å². The van der Waals surface area contributed by atoms with Crippen molar-refractivity contribution in [2.75, 3.05) is 0 Å². The Bertz CT molecular complexity index is 778. The number of hydrogen-bond acceptors (Lipinski definition) is 7. The molecule has 202 valence electrons. The summed E-state index contributed by atoms with van der Waals surface area (Å²) in [7, 11) is 0. The van der Waals surface area contributed by atoms with Gasteiger partial charge in [0.15, 0.2) is 5.79 Å². The van der Waals surface area contributed by atoms with Gasteiger partial charge in [-0.3, -0.25) is 0 Å². The van der Waals surface area contributed by atoms with Crippen molar-refractivity contribution in [2.45, 2.75) is 78.8 Å². The van der Waals surface area contributed by atoms with Gasteiger partial charge in [0.2, 0.25) is 0 Å². The number of alkyl halides is 13. The molecule has 1 fully saturated rings. The summed E-state index contributed by atoms with van der Waals surface area (Å²) in [6.45, 7) is 0. The first kappa shape index (κ1) is 34.4. The zero-order valence-electron chi connectivity index (χ0n) is 16.7. The van der Waals surface area contributed by atoms with Gasteiger partial charge in [0.1, 0.15) is 24.4 Å². The summed E-state index contributed by atoms with van der Waals surface area (Å²) >= 11 is 0. The first-order valence-electron chi connectivity index (χ1n) is 8.34. The quantitative estimate of drug-likeness (QED) is 0.180. The predicted octanol–water partition coefficient (Wildman–Crippen LogP) is -2.57. The number of halogens is 13. The molecular formula is C14H12F13NaO7. The molecule has 0 bridgehead atoms. The van der Waals surface area contributed by atoms with Gasteiger partial charge in [-0.1, -0.05) is 0 Å². The molecular weight excluding hydrogens is 550 g/mol. The third-order valence-electron chi connectivity index (χ3n) is 4.81. The summed E-state index contributed by atoms with van der Waals surface area (Å²) in [6, 6.07) is 0. The van der Waals surface area contributed by atoms with E-state index in [0.29, 0.717) is 0 Å². The van der Waals surface area contributed by atoms with Gasteiger partial charge in [0.05, 0.1) is 5.97 Å². The van der Waals surface area contributed by atoms with Crippen LogP contribution in [0.4, 0.5) is 57.1 Å². The molecule has 0 radical (unpaired) electrons. The van der Waals surface area contributed by atoms with Crippen molar-refractivity contribution in [3.8, 4) is 0 Å². The molecule has 0 aromatic carbocycles. The first-order valence-corrected chi connectivity index (χ1v) is 8.34. The molecule has 0 aliphatic carbocycles. The van der Waals surface area contributed by atoms with E-state index >= 15 is 0 Å². The number of aliphatic hydroxyl groups excluding tert-OH is 3. The largest absolute Gasteiger partial charge is 1.00 e. The van der Waals surface area contributed by atoms with Crippen LogP contribution in [0.25, 0.3) is 0 Å². The average Bonchev–Trinajstić information content (AvgIpc) is 2.89. The van der Waals surface area contributed by atoms with E-state index in [1.54, 1.807) is 0 Å². The Morgan fingerprint density at radius 3 is 1.63 bits per heavy atom. The van der Waals surface area contributed by atoms with Crippen LogP contribution < -0.4 is 34.7 Å². The standard InChI is InChI=1S/C14H13F13O7.Na/c15-9(16,2-1-8(33)6(30)3(28)5(34-8)4(29)7(31)32)10(17,18)11(19,20)12(21,22)13(23,24)14(25,26)27;/h3-6,28-30,33H,1-2H2,(H,31,32);/q;+1/p-1/t3-,4-,5-,6+,8+;/m0./s1. The van der Waals surface area contributed by atoms with E-state index in [9.17, 15) is 82.3 Å². The molecule has 0 unspecified atom stereocenters. The third-order valence-corrected chi connectivity index (χ3v) is 4.81. The molecule has 21 heteroatoms. The molecule has 1 heterocycles. The number of carbonyl (C=O) groups excluding carboxylic acids is 1. The van der Waals surface area contributed by atoms with Crippen LogP contribution in [-0.4, -0.2) is 92.4 Å². The van der Waals surface area contributed by atoms with E-state index in [1.807, 2.05) is 0 Å². The van der Waals surface area contributed by atoms with Crippen molar-refractivity contribution < 1.29 is 122 Å². The molecule has 1 rings (SSSR count). The second-order valence-corrected chi connectivity index (χ2v) is 7.13. The summed E-state index contributed by atoms with van der Waals surface area (Å²) in [5.41, 5.74) is 0. The topological polar surface area (TPSA) is 130 Å². The minimum Gasteiger partial charge on any atom is -0.547 e. The van der Waals surface area contributed by atoms with Crippen LogP contribution in [0.15, 0.2) is 0 Å². The van der Waals surface area contributed by atoms with Crippen molar-refractivity contribution in [3.05, 3.63) is 0 Å². The van der Waals surface area contributed by atoms with Crippen molar-refractivity contribution in [2.24, 2.45) is 0 Å². The molecule has 7 nitrogen and oxygen atoms in total. The van der Waals surface area contributed by atoms with Gasteiger partial charge in [-0.15, -0.1) is 0 Å². The maximum absolute atomic E-state index is 13.8. The number of aliphatic hydroxyl groups is 4. The second kappa shape index (κ2) is 9.91. The zero-order valence-corrected chi connectivity index (χ0v) is 18.7. The molecule has 1 saturated heterocycles. The average molecular weight is 562 g/mol. The van der Waals surface area contributed by atoms with E-state index in [4.69, 9.17) is 5.11 Å². The predicted molar refractivity (Wildman–Crippen MR) is 72.9 cm³/mol. The molecule has 0 saturated carbocycles. The van der Waals surface area contributed by atoms with E-state index in [2.05, 4.69) is 4.74 Å². The molecule has 0 aromatic heterocycles. The van der Waals surface area contributed by atoms with Crippen molar-refractivity contribution in [1.29, 1.82) is 0 Å². The van der Waals surface area contributed by atoms with E-state index in [0.717, 1.165) is 0 Å². The third kappa shape index (κ3) is 5.34. The molecule has 1 aliphatic heterocycles. The Morgan fingerprint density at radius 2 is 1.26 bits per heavy atom. The van der Waals surface area contributed by atoms with Crippen LogP contribution in [0.5, 0.6) is 0 Å². The molecule has 0 spiro atoms. The summed E-state index contributed by atoms with van der Waals surface area (Å²) in [5.74, 6) is -44.6. The monoisotopic (exact) mass is 562 g/mol. The maximum atomic E-state index is 13.8. The van der Waals surface area contributed by atoms with Gasteiger partial charge in [0.25, 0.3) is 0 Å². The number of carboxylic acids is 1. The van der Waals surface area contributed by atoms with Crippen LogP contribution in [0, 0.1) is 0 Å². The Hall–Kier alpha value is -0.640. The molecule has 4 N–H and O–H groups in total. The fourth-order valence-corrected chi connectivity index (χ4v) is 2.71. The van der Waals surface area contributed by atoms with E-state index < -0.39 is 84.8 Å². The van der Waals surface area contributed by atoms with Crippen LogP contribution >= 0.6 is 0 Å². The number of hydrogen-bond donors (Lipinski definition) is 4. The SMILES string of the molecule is O=C([O-])[C@@H](O)[C@H]1O[C@](O)(CCC(F)(F)C(F)(F)C(F)(F)C(F)(F)C(F)(F)C(F)(F)F)[C@H](O)[C@H]1O.[Na+]. The second-order valence-electron chi connectivity index (χ2n) is 7.13. The fraction of sp³-hybridized carbons (Fsp3) is 0.929. The van der Waals surface area contributed by atoms with Crippen molar-refractivity contribution in [3.63, 3.8) is 0 Å². The van der Waals surface area contributed by atoms with Gasteiger partial charge in [-0.25, -0.2) is 0 Å². The van der Waals surface area contributed by atoms with Gasteiger partial charge in [-0.05, 0) is 0 Å². The number of carboxylic acid groups (broad SMARTS) is 1. The van der Waals surface area contributed by atoms with Crippen LogP contribution in [0.3, 0.4) is 0 Å². The number of rotatable bonds is 9. The summed E-state index contributed by atoms with van der Waals surface area (Å²) in [6.07, 6.45) is -24.0. The maximum Gasteiger partial charge on any atom is 1.00 e. The smallest absolute Gasteiger partial charge is 0.547 e. The van der Waals surface area contributed by atoms with Gasteiger partial charge < -0.3 is 35.1 Å². The summed E-state index contributed by atoms with van der Waals surface area (Å²) in [5, 5.41) is 48.5. The minimum atomic E-state index is -8.13. The summed E-state index contributed by atoms with van der Waals surface area (Å²) in [4.78, 5) is 10.5. The Morgan fingerprint density at radius 1 is 0.857 bits per heavy atom. The van der Waals surface area contributed by atoms with Crippen LogP contribution in [0.2, 0.25) is 0 Å². The number of aliphatic carboxylic acids is 1. The number of ether oxygens (including phenoxy) is 1. The summed E-state index contributed by atoms with van der Waals surface area (Å²) < 4.78 is 174. The van der Waals surface area contributed by atoms with Crippen molar-refractivity contribution in [1.82, 2.24) is 0 Å². The molecule has 0 aromatic rings. The Kier molecular flexibility index (Phi) is 9.73. The molecule has 0 amide bonds. The molecule has 1 aliphatic rings. The van der Waals surface area contributed by atoms with Crippen molar-refractivity contribution >= 4 is 5.97 Å². The van der Waals surface area contributed by atoms with E-state index in [1.165, 1.54) is 0 Å². The Labute approximate surface area is 206 Å². The first-order chi connectivity index (χ1) is 14.7. The molecule has 5 atom stereocenters. The van der Waals surface area contributed by atoms with Gasteiger partial charge in [-0.2, -0.15) is 57.1 Å². The zero-order chi connectivity index (χ0) is 27.5. The van der Waals surface area contributed by atoms with E-state index in [-0.39, 0.29) is 29.6 Å².